The van der Waals surface area contributed by atoms with Gasteiger partial charge in [-0.25, -0.2) is 14.4 Å². The summed E-state index contributed by atoms with van der Waals surface area (Å²) >= 11 is 0. The van der Waals surface area contributed by atoms with Crippen molar-refractivity contribution in [2.45, 2.75) is 0 Å². The standard InChI is InChI=1S/C21H17FN4O2/c1-26-18-12-15(6-3-13(18)4-8-20(26)27)24-21-23-10-9-17(25-21)16-7-5-14(22)11-19(16)28-2/h3-12H,1-2H3,(H,23,24,25). The average molecular weight is 376 g/mol. The van der Waals surface area contributed by atoms with Crippen molar-refractivity contribution in [2.75, 3.05) is 12.4 Å². The van der Waals surface area contributed by atoms with E-state index in [0.29, 0.717) is 23.0 Å². The number of nitrogens with zero attached hydrogens (tertiary/aromatic N) is 3. The second-order valence-electron chi connectivity index (χ2n) is 6.24. The summed E-state index contributed by atoms with van der Waals surface area (Å²) in [5.41, 5.74) is 2.73. The fourth-order valence-corrected chi connectivity index (χ4v) is 3.02. The number of hydrogen-bond donors (Lipinski definition) is 1. The summed E-state index contributed by atoms with van der Waals surface area (Å²) in [5, 5.41) is 4.11. The van der Waals surface area contributed by atoms with Crippen LogP contribution < -0.4 is 15.6 Å². The lowest BCUT2D eigenvalue weighted by Crippen LogP contribution is -2.15. The first-order valence-electron chi connectivity index (χ1n) is 8.59. The van der Waals surface area contributed by atoms with Gasteiger partial charge in [0.15, 0.2) is 0 Å². The van der Waals surface area contributed by atoms with E-state index in [2.05, 4.69) is 15.3 Å². The highest BCUT2D eigenvalue weighted by molar-refractivity contribution is 5.83. The van der Waals surface area contributed by atoms with Gasteiger partial charge in [0.2, 0.25) is 5.95 Å². The Bertz CT molecular complexity index is 1240. The van der Waals surface area contributed by atoms with E-state index in [1.54, 1.807) is 36.0 Å². The zero-order valence-electron chi connectivity index (χ0n) is 15.3. The molecule has 4 aromatic rings. The third-order valence-electron chi connectivity index (χ3n) is 4.48. The first kappa shape index (κ1) is 17.7. The Morgan fingerprint density at radius 1 is 1.07 bits per heavy atom. The van der Waals surface area contributed by atoms with E-state index in [9.17, 15) is 9.18 Å². The third-order valence-corrected chi connectivity index (χ3v) is 4.48. The topological polar surface area (TPSA) is 69.0 Å². The van der Waals surface area contributed by atoms with Crippen molar-refractivity contribution in [2.24, 2.45) is 7.05 Å². The Morgan fingerprint density at radius 2 is 1.89 bits per heavy atom. The maximum Gasteiger partial charge on any atom is 0.250 e. The minimum atomic E-state index is -0.380. The normalized spacial score (nSPS) is 10.8. The molecule has 28 heavy (non-hydrogen) atoms. The van der Waals surface area contributed by atoms with Crippen molar-refractivity contribution < 1.29 is 9.13 Å². The van der Waals surface area contributed by atoms with E-state index in [-0.39, 0.29) is 11.4 Å². The van der Waals surface area contributed by atoms with E-state index in [1.165, 1.54) is 25.3 Å². The molecule has 7 heteroatoms. The van der Waals surface area contributed by atoms with E-state index in [4.69, 9.17) is 4.74 Å². The zero-order valence-corrected chi connectivity index (χ0v) is 15.3. The van der Waals surface area contributed by atoms with Gasteiger partial charge >= 0.3 is 0 Å². The SMILES string of the molecule is COc1cc(F)ccc1-c1ccnc(Nc2ccc3ccc(=O)n(C)c3c2)n1. The van der Waals surface area contributed by atoms with Crippen LogP contribution in [0.1, 0.15) is 0 Å². The average Bonchev–Trinajstić information content (AvgIpc) is 2.71. The molecule has 0 unspecified atom stereocenters. The molecule has 0 atom stereocenters. The Morgan fingerprint density at radius 3 is 2.71 bits per heavy atom. The number of ether oxygens (including phenoxy) is 1. The Hall–Kier alpha value is -3.74. The van der Waals surface area contributed by atoms with E-state index < -0.39 is 0 Å². The summed E-state index contributed by atoms with van der Waals surface area (Å²) in [6, 6.07) is 15.0. The van der Waals surface area contributed by atoms with Crippen LogP contribution in [0.2, 0.25) is 0 Å². The molecule has 2 aromatic heterocycles. The molecular weight excluding hydrogens is 359 g/mol. The van der Waals surface area contributed by atoms with Gasteiger partial charge in [-0.05, 0) is 41.8 Å². The number of hydrogen-bond acceptors (Lipinski definition) is 5. The predicted molar refractivity (Wildman–Crippen MR) is 106 cm³/mol. The molecular formula is C21H17FN4O2. The number of benzene rings is 2. The lowest BCUT2D eigenvalue weighted by Gasteiger charge is -2.11. The fraction of sp³-hybridized carbons (Fsp3) is 0.0952. The van der Waals surface area contributed by atoms with Gasteiger partial charge in [0, 0.05) is 36.6 Å². The van der Waals surface area contributed by atoms with Crippen LogP contribution in [0.15, 0.2) is 65.6 Å². The van der Waals surface area contributed by atoms with Gasteiger partial charge in [0.05, 0.1) is 18.3 Å². The number of nitrogens with one attached hydrogen (secondary N) is 1. The van der Waals surface area contributed by atoms with E-state index in [0.717, 1.165) is 16.6 Å². The molecule has 0 saturated heterocycles. The van der Waals surface area contributed by atoms with Gasteiger partial charge in [-0.3, -0.25) is 4.79 Å². The third kappa shape index (κ3) is 3.29. The summed E-state index contributed by atoms with van der Waals surface area (Å²) < 4.78 is 20.3. The van der Waals surface area contributed by atoms with Crippen molar-refractivity contribution in [3.05, 3.63) is 77.0 Å². The van der Waals surface area contributed by atoms with E-state index >= 15 is 0 Å². The van der Waals surface area contributed by atoms with Crippen LogP contribution in [0.4, 0.5) is 16.0 Å². The molecule has 0 aliphatic rings. The molecule has 0 spiro atoms. The van der Waals surface area contributed by atoms with Gasteiger partial charge in [0.1, 0.15) is 11.6 Å². The summed E-state index contributed by atoms with van der Waals surface area (Å²) in [6.07, 6.45) is 1.62. The van der Waals surface area contributed by atoms with Crippen LogP contribution >= 0.6 is 0 Å². The molecule has 0 amide bonds. The maximum atomic E-state index is 13.5. The van der Waals surface area contributed by atoms with Crippen molar-refractivity contribution in [3.8, 4) is 17.0 Å². The number of aromatic nitrogens is 3. The van der Waals surface area contributed by atoms with Crippen LogP contribution in [0.25, 0.3) is 22.2 Å². The van der Waals surface area contributed by atoms with Crippen LogP contribution in [0.5, 0.6) is 5.75 Å². The summed E-state index contributed by atoms with van der Waals surface area (Å²) in [6.45, 7) is 0. The van der Waals surface area contributed by atoms with Crippen LogP contribution in [-0.4, -0.2) is 21.6 Å². The number of pyridine rings is 1. The summed E-state index contributed by atoms with van der Waals surface area (Å²) in [4.78, 5) is 20.6. The van der Waals surface area contributed by atoms with Gasteiger partial charge in [-0.1, -0.05) is 6.07 Å². The molecule has 1 N–H and O–H groups in total. The zero-order chi connectivity index (χ0) is 19.7. The second-order valence-corrected chi connectivity index (χ2v) is 6.24. The number of methoxy groups -OCH3 is 1. The first-order valence-corrected chi connectivity index (χ1v) is 8.59. The molecule has 0 aliphatic heterocycles. The largest absolute Gasteiger partial charge is 0.496 e. The Labute approximate surface area is 160 Å². The molecule has 2 aromatic carbocycles. The highest BCUT2D eigenvalue weighted by Crippen LogP contribution is 2.30. The number of fused-ring (bicyclic) bond motifs is 1. The molecule has 0 saturated carbocycles. The van der Waals surface area contributed by atoms with Gasteiger partial charge < -0.3 is 14.6 Å². The molecule has 0 radical (unpaired) electrons. The van der Waals surface area contributed by atoms with Gasteiger partial charge in [-0.15, -0.1) is 0 Å². The lowest BCUT2D eigenvalue weighted by molar-refractivity contribution is 0.413. The number of rotatable bonds is 4. The van der Waals surface area contributed by atoms with Crippen LogP contribution in [0, 0.1) is 5.82 Å². The molecule has 0 aliphatic carbocycles. The highest BCUT2D eigenvalue weighted by Gasteiger charge is 2.10. The molecule has 4 rings (SSSR count). The number of aryl methyl sites for hydroxylation is 1. The molecule has 6 nitrogen and oxygen atoms in total. The summed E-state index contributed by atoms with van der Waals surface area (Å²) in [7, 11) is 3.21. The predicted octanol–water partition coefficient (Wildman–Crippen LogP) is 3.89. The molecule has 0 bridgehead atoms. The van der Waals surface area contributed by atoms with Crippen molar-refractivity contribution in [1.82, 2.24) is 14.5 Å². The number of halogens is 1. The minimum Gasteiger partial charge on any atom is -0.496 e. The van der Waals surface area contributed by atoms with E-state index in [1.807, 2.05) is 18.2 Å². The smallest absolute Gasteiger partial charge is 0.250 e. The highest BCUT2D eigenvalue weighted by atomic mass is 19.1. The maximum absolute atomic E-state index is 13.5. The fourth-order valence-electron chi connectivity index (χ4n) is 3.02. The Balaban J connectivity index is 1.70. The van der Waals surface area contributed by atoms with Crippen molar-refractivity contribution >= 4 is 22.5 Å². The molecule has 140 valence electrons. The van der Waals surface area contributed by atoms with Gasteiger partial charge in [-0.2, -0.15) is 0 Å². The van der Waals surface area contributed by atoms with Crippen molar-refractivity contribution in [3.63, 3.8) is 0 Å². The lowest BCUT2D eigenvalue weighted by atomic mass is 10.1. The minimum absolute atomic E-state index is 0.0775. The second kappa shape index (κ2) is 7.11. The van der Waals surface area contributed by atoms with Crippen LogP contribution in [-0.2, 0) is 7.05 Å². The molecule has 2 heterocycles. The molecule has 0 fully saturated rings. The summed E-state index contributed by atoms with van der Waals surface area (Å²) in [5.74, 6) is 0.393. The monoisotopic (exact) mass is 376 g/mol. The first-order chi connectivity index (χ1) is 13.5. The van der Waals surface area contributed by atoms with Gasteiger partial charge in [0.25, 0.3) is 5.56 Å². The number of anilines is 2. The quantitative estimate of drug-likeness (QED) is 0.585. The van der Waals surface area contributed by atoms with Crippen molar-refractivity contribution in [1.29, 1.82) is 0 Å². The Kier molecular flexibility index (Phi) is 4.49. The van der Waals surface area contributed by atoms with Crippen LogP contribution in [0.3, 0.4) is 0 Å².